The summed E-state index contributed by atoms with van der Waals surface area (Å²) in [5.74, 6) is 0.623. The predicted molar refractivity (Wildman–Crippen MR) is 43.9 cm³/mol. The first-order chi connectivity index (χ1) is 4.35. The fourth-order valence-electron chi connectivity index (χ4n) is 0.643. The third kappa shape index (κ3) is 4.28. The average molecular weight is 145 g/mol. The molecule has 0 radical (unpaired) electrons. The first-order valence-electron chi connectivity index (χ1n) is 3.22. The van der Waals surface area contributed by atoms with E-state index in [0.29, 0.717) is 5.88 Å². The average Bonchev–Trinajstić information content (AvgIpc) is 1.88. The van der Waals surface area contributed by atoms with E-state index in [4.69, 9.17) is 11.6 Å². The van der Waals surface area contributed by atoms with Gasteiger partial charge < -0.3 is 0 Å². The van der Waals surface area contributed by atoms with Crippen molar-refractivity contribution in [3.05, 3.63) is 23.8 Å². The molecule has 0 N–H and O–H groups in total. The maximum absolute atomic E-state index is 5.61. The Morgan fingerprint density at radius 2 is 2.22 bits per heavy atom. The van der Waals surface area contributed by atoms with Gasteiger partial charge in [-0.25, -0.2) is 0 Å². The smallest absolute Gasteiger partial charge is 0.0470 e. The second kappa shape index (κ2) is 5.90. The van der Waals surface area contributed by atoms with Crippen molar-refractivity contribution in [2.45, 2.75) is 20.3 Å². The molecule has 0 spiro atoms. The second-order valence-electron chi connectivity index (χ2n) is 1.82. The normalized spacial score (nSPS) is 13.0. The van der Waals surface area contributed by atoms with Crippen LogP contribution in [-0.4, -0.2) is 5.88 Å². The molecule has 0 atom stereocenters. The summed E-state index contributed by atoms with van der Waals surface area (Å²) in [6, 6.07) is 0. The Hall–Kier alpha value is -0.230. The Balaban J connectivity index is 3.81. The van der Waals surface area contributed by atoms with Crippen LogP contribution in [0.3, 0.4) is 0 Å². The minimum atomic E-state index is 0.623. The molecule has 0 rings (SSSR count). The lowest BCUT2D eigenvalue weighted by Gasteiger charge is -1.91. The van der Waals surface area contributed by atoms with E-state index in [9.17, 15) is 0 Å². The van der Waals surface area contributed by atoms with Crippen LogP contribution in [0.15, 0.2) is 23.8 Å². The van der Waals surface area contributed by atoms with E-state index in [2.05, 4.69) is 13.0 Å². The van der Waals surface area contributed by atoms with Gasteiger partial charge in [0.05, 0.1) is 0 Å². The van der Waals surface area contributed by atoms with Gasteiger partial charge in [0, 0.05) is 5.88 Å². The summed E-state index contributed by atoms with van der Waals surface area (Å²) in [7, 11) is 0. The van der Waals surface area contributed by atoms with Crippen LogP contribution in [0.5, 0.6) is 0 Å². The molecule has 0 saturated heterocycles. The summed E-state index contributed by atoms with van der Waals surface area (Å²) in [4.78, 5) is 0. The monoisotopic (exact) mass is 144 g/mol. The van der Waals surface area contributed by atoms with Crippen molar-refractivity contribution in [3.63, 3.8) is 0 Å². The Morgan fingerprint density at radius 1 is 1.56 bits per heavy atom. The van der Waals surface area contributed by atoms with E-state index in [0.717, 1.165) is 6.42 Å². The van der Waals surface area contributed by atoms with Crippen molar-refractivity contribution in [1.29, 1.82) is 0 Å². The standard InChI is InChI=1S/C8H13Cl/c1-3-5-8(7-9)6-4-2/h3,5-6H,4,7H2,1-2H3/b5-3-,8-6+. The van der Waals surface area contributed by atoms with Gasteiger partial charge in [-0.05, 0) is 18.9 Å². The highest BCUT2D eigenvalue weighted by molar-refractivity contribution is 6.19. The van der Waals surface area contributed by atoms with Crippen molar-refractivity contribution in [3.8, 4) is 0 Å². The van der Waals surface area contributed by atoms with Gasteiger partial charge in [-0.15, -0.1) is 11.6 Å². The summed E-state index contributed by atoms with van der Waals surface area (Å²) < 4.78 is 0. The maximum atomic E-state index is 5.61. The van der Waals surface area contributed by atoms with Crippen molar-refractivity contribution in [2.75, 3.05) is 5.88 Å². The van der Waals surface area contributed by atoms with Crippen LogP contribution in [0.4, 0.5) is 0 Å². The quantitative estimate of drug-likeness (QED) is 0.422. The van der Waals surface area contributed by atoms with Gasteiger partial charge >= 0.3 is 0 Å². The molecule has 1 heteroatoms. The van der Waals surface area contributed by atoms with E-state index in [-0.39, 0.29) is 0 Å². The third-order valence-electron chi connectivity index (χ3n) is 1.00. The van der Waals surface area contributed by atoms with Gasteiger partial charge in [-0.2, -0.15) is 0 Å². The zero-order valence-electron chi connectivity index (χ0n) is 6.02. The van der Waals surface area contributed by atoms with Crippen molar-refractivity contribution in [2.24, 2.45) is 0 Å². The zero-order valence-corrected chi connectivity index (χ0v) is 6.78. The first kappa shape index (κ1) is 8.77. The molecule has 9 heavy (non-hydrogen) atoms. The highest BCUT2D eigenvalue weighted by Gasteiger charge is 1.84. The van der Waals surface area contributed by atoms with Crippen LogP contribution in [0.25, 0.3) is 0 Å². The van der Waals surface area contributed by atoms with Gasteiger partial charge in [-0.3, -0.25) is 0 Å². The Labute approximate surface area is 62.2 Å². The fraction of sp³-hybridized carbons (Fsp3) is 0.500. The van der Waals surface area contributed by atoms with Gasteiger partial charge in [0.1, 0.15) is 0 Å². The summed E-state index contributed by atoms with van der Waals surface area (Å²) in [6.07, 6.45) is 7.24. The van der Waals surface area contributed by atoms with E-state index in [1.807, 2.05) is 19.1 Å². The molecule has 0 aliphatic carbocycles. The number of rotatable bonds is 3. The van der Waals surface area contributed by atoms with Crippen LogP contribution in [0.2, 0.25) is 0 Å². The van der Waals surface area contributed by atoms with E-state index >= 15 is 0 Å². The third-order valence-corrected chi connectivity index (χ3v) is 1.31. The minimum absolute atomic E-state index is 0.623. The molecule has 0 aromatic rings. The van der Waals surface area contributed by atoms with Crippen molar-refractivity contribution >= 4 is 11.6 Å². The molecular formula is C8H13Cl. The highest BCUT2D eigenvalue weighted by Crippen LogP contribution is 2.00. The molecule has 0 aliphatic heterocycles. The SMILES string of the molecule is C/C=C\C(=C/CC)CCl. The van der Waals surface area contributed by atoms with E-state index in [1.54, 1.807) is 0 Å². The maximum Gasteiger partial charge on any atom is 0.0470 e. The van der Waals surface area contributed by atoms with Gasteiger partial charge in [-0.1, -0.05) is 25.2 Å². The first-order valence-corrected chi connectivity index (χ1v) is 3.76. The molecule has 0 nitrogen and oxygen atoms in total. The highest BCUT2D eigenvalue weighted by atomic mass is 35.5. The van der Waals surface area contributed by atoms with Crippen molar-refractivity contribution < 1.29 is 0 Å². The molecule has 0 unspecified atom stereocenters. The molecule has 0 saturated carbocycles. The van der Waals surface area contributed by atoms with Crippen LogP contribution in [0.1, 0.15) is 20.3 Å². The summed E-state index contributed by atoms with van der Waals surface area (Å²) in [5, 5.41) is 0. The predicted octanol–water partition coefficient (Wildman–Crippen LogP) is 3.14. The molecule has 0 heterocycles. The Bertz CT molecular complexity index is 112. The topological polar surface area (TPSA) is 0 Å². The lowest BCUT2D eigenvalue weighted by atomic mass is 10.2. The summed E-state index contributed by atoms with van der Waals surface area (Å²) >= 11 is 5.61. The van der Waals surface area contributed by atoms with Crippen molar-refractivity contribution in [1.82, 2.24) is 0 Å². The molecule has 0 aromatic heterocycles. The molecule has 0 fully saturated rings. The van der Waals surface area contributed by atoms with Gasteiger partial charge in [0.25, 0.3) is 0 Å². The van der Waals surface area contributed by atoms with Crippen LogP contribution in [0, 0.1) is 0 Å². The largest absolute Gasteiger partial charge is 0.122 e. The molecule has 0 amide bonds. The number of allylic oxidation sites excluding steroid dienone is 4. The summed E-state index contributed by atoms with van der Waals surface area (Å²) in [5.41, 5.74) is 1.21. The molecule has 0 aliphatic rings. The van der Waals surface area contributed by atoms with Gasteiger partial charge in [0.2, 0.25) is 0 Å². The minimum Gasteiger partial charge on any atom is -0.122 e. The number of hydrogen-bond acceptors (Lipinski definition) is 0. The summed E-state index contributed by atoms with van der Waals surface area (Å²) in [6.45, 7) is 4.10. The van der Waals surface area contributed by atoms with Gasteiger partial charge in [0.15, 0.2) is 0 Å². The van der Waals surface area contributed by atoms with Crippen LogP contribution < -0.4 is 0 Å². The number of halogens is 1. The lowest BCUT2D eigenvalue weighted by Crippen LogP contribution is -1.77. The second-order valence-corrected chi connectivity index (χ2v) is 2.09. The zero-order chi connectivity index (χ0) is 7.11. The fourth-order valence-corrected chi connectivity index (χ4v) is 0.842. The van der Waals surface area contributed by atoms with Crippen LogP contribution in [-0.2, 0) is 0 Å². The molecule has 0 bridgehead atoms. The molecule has 0 aromatic carbocycles. The molecular weight excluding hydrogens is 132 g/mol. The Morgan fingerprint density at radius 3 is 2.56 bits per heavy atom. The van der Waals surface area contributed by atoms with Crippen LogP contribution >= 0.6 is 11.6 Å². The van der Waals surface area contributed by atoms with E-state index < -0.39 is 0 Å². The van der Waals surface area contributed by atoms with E-state index in [1.165, 1.54) is 5.57 Å². The Kier molecular flexibility index (Phi) is 5.75. The lowest BCUT2D eigenvalue weighted by molar-refractivity contribution is 1.20. The number of hydrogen-bond donors (Lipinski definition) is 0. The molecule has 52 valence electrons. The number of alkyl halides is 1.